The zero-order chi connectivity index (χ0) is 16.8. The maximum atomic E-state index is 6.09. The molecule has 2 aliphatic rings. The monoisotopic (exact) mass is 319 g/mol. The van der Waals surface area contributed by atoms with Crippen LogP contribution in [0.5, 0.6) is 11.6 Å². The molecule has 2 fully saturated rings. The molecule has 23 heavy (non-hydrogen) atoms. The molecule has 126 valence electrons. The number of rotatable bonds is 5. The van der Waals surface area contributed by atoms with Crippen LogP contribution in [-0.4, -0.2) is 35.5 Å². The molecular formula is C17H26BNO4. The Morgan fingerprint density at radius 3 is 2.26 bits per heavy atom. The van der Waals surface area contributed by atoms with E-state index in [4.69, 9.17) is 18.8 Å². The summed E-state index contributed by atoms with van der Waals surface area (Å²) >= 11 is 0. The molecule has 0 bridgehead atoms. The highest BCUT2D eigenvalue weighted by Gasteiger charge is 2.52. The zero-order valence-electron chi connectivity index (χ0n) is 14.9. The predicted molar refractivity (Wildman–Crippen MR) is 89.4 cm³/mol. The number of aromatic nitrogens is 1. The van der Waals surface area contributed by atoms with Crippen LogP contribution in [-0.2, 0) is 9.31 Å². The van der Waals surface area contributed by atoms with Crippen LogP contribution in [0.1, 0.15) is 54.4 Å². The van der Waals surface area contributed by atoms with Gasteiger partial charge in [-0.05, 0) is 60.5 Å². The minimum Gasteiger partial charge on any atom is -0.490 e. The van der Waals surface area contributed by atoms with Gasteiger partial charge in [0.1, 0.15) is 5.75 Å². The van der Waals surface area contributed by atoms with E-state index in [0.717, 1.165) is 18.6 Å². The van der Waals surface area contributed by atoms with Gasteiger partial charge in [0.2, 0.25) is 5.88 Å². The lowest BCUT2D eigenvalue weighted by molar-refractivity contribution is 0.00578. The lowest BCUT2D eigenvalue weighted by atomic mass is 9.84. The number of pyridine rings is 1. The van der Waals surface area contributed by atoms with Crippen LogP contribution >= 0.6 is 0 Å². The third-order valence-electron chi connectivity index (χ3n) is 4.47. The topological polar surface area (TPSA) is 49.8 Å². The average molecular weight is 319 g/mol. The zero-order valence-corrected chi connectivity index (χ0v) is 14.9. The Morgan fingerprint density at radius 1 is 1.13 bits per heavy atom. The van der Waals surface area contributed by atoms with Crippen LogP contribution < -0.4 is 15.1 Å². The van der Waals surface area contributed by atoms with Crippen molar-refractivity contribution in [1.82, 2.24) is 4.98 Å². The maximum absolute atomic E-state index is 6.09. The summed E-state index contributed by atoms with van der Waals surface area (Å²) in [6, 6.07) is 3.74. The number of ether oxygens (including phenoxy) is 2. The van der Waals surface area contributed by atoms with E-state index in [-0.39, 0.29) is 6.10 Å². The molecule has 6 heteroatoms. The van der Waals surface area contributed by atoms with Crippen molar-refractivity contribution in [2.75, 3.05) is 0 Å². The molecule has 0 amide bonds. The van der Waals surface area contributed by atoms with Gasteiger partial charge in [-0.2, -0.15) is 0 Å². The van der Waals surface area contributed by atoms with Crippen LogP contribution in [0.15, 0.2) is 12.1 Å². The third-order valence-corrected chi connectivity index (χ3v) is 4.47. The van der Waals surface area contributed by atoms with Crippen molar-refractivity contribution < 1.29 is 18.8 Å². The Balaban J connectivity index is 1.88. The van der Waals surface area contributed by atoms with Crippen molar-refractivity contribution in [3.63, 3.8) is 0 Å². The van der Waals surface area contributed by atoms with Crippen molar-refractivity contribution >= 4 is 12.7 Å². The molecule has 0 atom stereocenters. The molecule has 2 heterocycles. The highest BCUT2D eigenvalue weighted by molar-refractivity contribution is 6.61. The second-order valence-electron chi connectivity index (χ2n) is 7.64. The molecule has 0 N–H and O–H groups in total. The van der Waals surface area contributed by atoms with Crippen LogP contribution in [0, 0.1) is 0 Å². The molecule has 3 rings (SSSR count). The van der Waals surface area contributed by atoms with Crippen LogP contribution in [0.3, 0.4) is 0 Å². The average Bonchev–Trinajstić information content (AvgIpc) is 3.16. The van der Waals surface area contributed by atoms with Gasteiger partial charge in [-0.15, -0.1) is 0 Å². The van der Waals surface area contributed by atoms with Crippen LogP contribution in [0.25, 0.3) is 0 Å². The summed E-state index contributed by atoms with van der Waals surface area (Å²) in [5.41, 5.74) is -0.102. The quantitative estimate of drug-likeness (QED) is 0.781. The molecule has 1 aromatic rings. The molecule has 0 aromatic carbocycles. The van der Waals surface area contributed by atoms with Crippen LogP contribution in [0.2, 0.25) is 0 Å². The second kappa shape index (κ2) is 5.67. The summed E-state index contributed by atoms with van der Waals surface area (Å²) < 4.78 is 23.9. The van der Waals surface area contributed by atoms with Crippen molar-refractivity contribution in [2.45, 2.75) is 77.8 Å². The summed E-state index contributed by atoms with van der Waals surface area (Å²) in [6.45, 7) is 12.1. The summed E-state index contributed by atoms with van der Waals surface area (Å²) in [5.74, 6) is 1.31. The molecule has 5 nitrogen and oxygen atoms in total. The fourth-order valence-electron chi connectivity index (χ4n) is 2.33. The lowest BCUT2D eigenvalue weighted by Gasteiger charge is -2.32. The third kappa shape index (κ3) is 3.64. The Labute approximate surface area is 138 Å². The van der Waals surface area contributed by atoms with Gasteiger partial charge in [-0.1, -0.05) is 0 Å². The van der Waals surface area contributed by atoms with E-state index in [0.29, 0.717) is 17.6 Å². The van der Waals surface area contributed by atoms with E-state index in [1.165, 1.54) is 0 Å². The molecule has 0 spiro atoms. The number of nitrogens with zero attached hydrogens (tertiary/aromatic N) is 1. The first-order valence-electron chi connectivity index (χ1n) is 8.37. The SMILES string of the molecule is CC(C)Oc1cc(OC2CC2)cc(B2OC(C)(C)C(C)(C)O2)n1. The minimum absolute atomic E-state index is 0.0461. The minimum atomic E-state index is -0.516. The Hall–Kier alpha value is -1.27. The van der Waals surface area contributed by atoms with Crippen molar-refractivity contribution in [3.05, 3.63) is 12.1 Å². The second-order valence-corrected chi connectivity index (χ2v) is 7.64. The van der Waals surface area contributed by atoms with E-state index in [2.05, 4.69) is 4.98 Å². The van der Waals surface area contributed by atoms with Gasteiger partial charge in [-0.25, -0.2) is 4.98 Å². The first-order valence-corrected chi connectivity index (χ1v) is 8.37. The van der Waals surface area contributed by atoms with Gasteiger partial charge in [0.25, 0.3) is 0 Å². The highest BCUT2D eigenvalue weighted by Crippen LogP contribution is 2.37. The largest absolute Gasteiger partial charge is 0.514 e. The van der Waals surface area contributed by atoms with E-state index in [1.807, 2.05) is 53.7 Å². The van der Waals surface area contributed by atoms with E-state index in [9.17, 15) is 0 Å². The standard InChI is InChI=1S/C17H26BNO4/c1-11(2)20-15-10-13(21-12-7-8-12)9-14(19-15)18-22-16(3,4)17(5,6)23-18/h9-12H,7-8H2,1-6H3. The molecule has 1 saturated carbocycles. The number of hydrogen-bond donors (Lipinski definition) is 0. The van der Waals surface area contributed by atoms with Crippen molar-refractivity contribution in [1.29, 1.82) is 0 Å². The molecule has 1 aliphatic heterocycles. The number of hydrogen-bond acceptors (Lipinski definition) is 5. The molecular weight excluding hydrogens is 293 g/mol. The Morgan fingerprint density at radius 2 is 1.74 bits per heavy atom. The molecule has 0 radical (unpaired) electrons. The normalized spacial score (nSPS) is 22.5. The van der Waals surface area contributed by atoms with Gasteiger partial charge < -0.3 is 18.8 Å². The fourth-order valence-corrected chi connectivity index (χ4v) is 2.33. The van der Waals surface area contributed by atoms with Gasteiger partial charge in [-0.3, -0.25) is 0 Å². The Bertz CT molecular complexity index is 546. The smallest absolute Gasteiger partial charge is 0.490 e. The van der Waals surface area contributed by atoms with E-state index in [1.54, 1.807) is 0 Å². The lowest BCUT2D eigenvalue weighted by Crippen LogP contribution is -2.41. The van der Waals surface area contributed by atoms with Crippen molar-refractivity contribution in [3.8, 4) is 11.6 Å². The van der Waals surface area contributed by atoms with Crippen molar-refractivity contribution in [2.24, 2.45) is 0 Å². The highest BCUT2D eigenvalue weighted by atomic mass is 16.7. The first-order chi connectivity index (χ1) is 10.7. The molecule has 1 aliphatic carbocycles. The predicted octanol–water partition coefficient (Wildman–Crippen LogP) is 2.71. The summed E-state index contributed by atoms with van der Waals surface area (Å²) in [5, 5.41) is 0. The summed E-state index contributed by atoms with van der Waals surface area (Å²) in [6.07, 6.45) is 2.57. The Kier molecular flexibility index (Phi) is 4.09. The summed E-state index contributed by atoms with van der Waals surface area (Å²) in [7, 11) is -0.516. The maximum Gasteiger partial charge on any atom is 0.514 e. The van der Waals surface area contributed by atoms with Gasteiger partial charge in [0, 0.05) is 6.07 Å². The first kappa shape index (κ1) is 16.6. The van der Waals surface area contributed by atoms with Gasteiger partial charge >= 0.3 is 7.12 Å². The van der Waals surface area contributed by atoms with Crippen LogP contribution in [0.4, 0.5) is 0 Å². The summed E-state index contributed by atoms with van der Waals surface area (Å²) in [4.78, 5) is 4.56. The van der Waals surface area contributed by atoms with E-state index < -0.39 is 18.3 Å². The molecule has 1 saturated heterocycles. The molecule has 1 aromatic heterocycles. The van der Waals surface area contributed by atoms with Gasteiger partial charge in [0.15, 0.2) is 0 Å². The van der Waals surface area contributed by atoms with E-state index >= 15 is 0 Å². The fraction of sp³-hybridized carbons (Fsp3) is 0.706. The molecule has 0 unspecified atom stereocenters. The van der Waals surface area contributed by atoms with Gasteiger partial charge in [0.05, 0.1) is 29.0 Å².